The monoisotopic (exact) mass is 730 g/mol. The van der Waals surface area contributed by atoms with Crippen LogP contribution in [-0.2, 0) is 36.7 Å². The van der Waals surface area contributed by atoms with Crippen molar-refractivity contribution in [1.29, 1.82) is 0 Å². The van der Waals surface area contributed by atoms with Gasteiger partial charge in [-0.25, -0.2) is 18.1 Å². The molecule has 2 fully saturated rings. The average Bonchev–Trinajstić information content (AvgIpc) is 3.69. The van der Waals surface area contributed by atoms with Gasteiger partial charge < -0.3 is 5.11 Å². The molecule has 2 heterocycles. The van der Waals surface area contributed by atoms with Crippen LogP contribution >= 0.6 is 0 Å². The molecule has 0 spiro atoms. The number of carbonyl (C=O) groups excluding carboxylic acids is 2. The maximum absolute atomic E-state index is 13.2. The Morgan fingerprint density at radius 3 is 1.65 bits per heavy atom. The van der Waals surface area contributed by atoms with Gasteiger partial charge >= 0.3 is 0 Å². The Morgan fingerprint density at radius 2 is 1.21 bits per heavy atom. The van der Waals surface area contributed by atoms with Gasteiger partial charge in [0.1, 0.15) is 23.2 Å². The van der Waals surface area contributed by atoms with E-state index in [1.54, 1.807) is 59.9 Å². The topological polar surface area (TPSA) is 133 Å². The molecule has 2 aromatic heterocycles. The minimum atomic E-state index is -3.59. The number of ketones is 2. The van der Waals surface area contributed by atoms with Crippen LogP contribution < -0.4 is 0 Å². The third-order valence-electron chi connectivity index (χ3n) is 11.1. The second-order valence-corrected chi connectivity index (χ2v) is 16.0. The van der Waals surface area contributed by atoms with Gasteiger partial charge in [0.25, 0.3) is 10.1 Å². The van der Waals surface area contributed by atoms with Crippen molar-refractivity contribution in [2.45, 2.75) is 77.4 Å². The number of halogens is 2. The molecule has 4 aliphatic rings. The fourth-order valence-corrected chi connectivity index (χ4v) is 9.06. The minimum absolute atomic E-state index is 0.000679. The van der Waals surface area contributed by atoms with Crippen LogP contribution in [0.5, 0.6) is 0 Å². The van der Waals surface area contributed by atoms with Crippen molar-refractivity contribution in [3.8, 4) is 11.4 Å². The summed E-state index contributed by atoms with van der Waals surface area (Å²) in [5, 5.41) is 19.0. The summed E-state index contributed by atoms with van der Waals surface area (Å²) in [6.07, 6.45) is 12.0. The lowest BCUT2D eigenvalue weighted by molar-refractivity contribution is -0.127. The van der Waals surface area contributed by atoms with Crippen molar-refractivity contribution in [1.82, 2.24) is 19.6 Å². The molecule has 8 rings (SSSR count). The summed E-state index contributed by atoms with van der Waals surface area (Å²) in [5.74, 6) is -0.494. The van der Waals surface area contributed by atoms with Gasteiger partial charge in [0, 0.05) is 0 Å². The first-order valence-electron chi connectivity index (χ1n) is 17.3. The van der Waals surface area contributed by atoms with Crippen LogP contribution in [-0.4, -0.2) is 63.1 Å². The summed E-state index contributed by atoms with van der Waals surface area (Å²) in [6, 6.07) is 12.3. The van der Waals surface area contributed by atoms with Crippen molar-refractivity contribution in [3.05, 3.63) is 106 Å². The Bertz CT molecular complexity index is 2220. The molecule has 2 saturated carbocycles. The number of allylic oxidation sites excluding steroid dienone is 2. The highest BCUT2D eigenvalue weighted by atomic mass is 32.2. The zero-order chi connectivity index (χ0) is 37.0. The quantitative estimate of drug-likeness (QED) is 0.235. The van der Waals surface area contributed by atoms with E-state index in [9.17, 15) is 31.9 Å². The van der Waals surface area contributed by atoms with E-state index >= 15 is 0 Å². The molecule has 4 aliphatic carbocycles. The highest BCUT2D eigenvalue weighted by Gasteiger charge is 2.48. The highest BCUT2D eigenvalue weighted by Crippen LogP contribution is 2.50. The summed E-state index contributed by atoms with van der Waals surface area (Å²) >= 11 is 0. The van der Waals surface area contributed by atoms with Crippen molar-refractivity contribution in [2.75, 3.05) is 6.26 Å². The molecule has 13 heteroatoms. The lowest BCUT2D eigenvalue weighted by atomic mass is 9.62. The summed E-state index contributed by atoms with van der Waals surface area (Å²) in [4.78, 5) is 25.1. The fraction of sp³-hybridized carbons (Fsp3) is 0.385. The van der Waals surface area contributed by atoms with Gasteiger partial charge in [-0.15, -0.1) is 0 Å². The number of benzene rings is 2. The summed E-state index contributed by atoms with van der Waals surface area (Å²) in [7, 11) is -3.59. The van der Waals surface area contributed by atoms with E-state index in [4.69, 9.17) is 4.18 Å². The second-order valence-electron chi connectivity index (χ2n) is 14.4. The van der Waals surface area contributed by atoms with Crippen LogP contribution in [0.1, 0.15) is 74.9 Å². The SMILES string of the molecule is CC(=O)[C@]12Cc3cnn(-c4ccc(F)cc4)c3C=C1CCC(O)C2.CC(=O)[C@]12Cc3cnn(-c4ccc(F)cc4)c3C=C1CC[C@@H](OS(C)(=O)=O)C2. The van der Waals surface area contributed by atoms with Crippen molar-refractivity contribution in [3.63, 3.8) is 0 Å². The number of Topliss-reactive ketones (excluding diaryl/α,β-unsaturated/α-hetero) is 2. The number of hydrogen-bond donors (Lipinski definition) is 1. The number of hydrogen-bond acceptors (Lipinski definition) is 8. The summed E-state index contributed by atoms with van der Waals surface area (Å²) < 4.78 is 58.3. The molecule has 2 aromatic carbocycles. The van der Waals surface area contributed by atoms with E-state index in [1.165, 1.54) is 24.3 Å². The standard InChI is InChI=1S/C20H21FN2O4S.C19H19FN2O2/c1-13(24)20-10-14-12-22-23(17-6-4-16(21)5-7-17)19(14)9-15(20)3-8-18(11-20)27-28(2,25)26;1-12(23)19-9-13-11-21-22(16-5-3-15(20)4-6-16)18(13)8-14(19)2-7-17(24)10-19/h4-7,9,12,18H,3,8,10-11H2,1-2H3;3-6,8,11,17,24H,2,7,9-10H2,1H3/t18-,20-;17?,19-/m11/s1. The van der Waals surface area contributed by atoms with Gasteiger partial charge in [-0.2, -0.15) is 18.6 Å². The molecule has 4 atom stereocenters. The minimum Gasteiger partial charge on any atom is -0.393 e. The average molecular weight is 731 g/mol. The number of aliphatic hydroxyl groups excluding tert-OH is 1. The van der Waals surface area contributed by atoms with Gasteiger partial charge in [-0.1, -0.05) is 11.1 Å². The molecule has 1 N–H and O–H groups in total. The number of fused-ring (bicyclic) bond motifs is 4. The molecule has 0 aliphatic heterocycles. The van der Waals surface area contributed by atoms with Crippen LogP contribution in [0.25, 0.3) is 23.5 Å². The Labute approximate surface area is 300 Å². The molecule has 0 saturated heterocycles. The Balaban J connectivity index is 0.000000164. The number of aliphatic hydroxyl groups is 1. The zero-order valence-corrected chi connectivity index (χ0v) is 30.0. The van der Waals surface area contributed by atoms with Crippen molar-refractivity contribution >= 4 is 33.8 Å². The third kappa shape index (κ3) is 6.61. The van der Waals surface area contributed by atoms with E-state index in [1.807, 2.05) is 12.2 Å². The summed E-state index contributed by atoms with van der Waals surface area (Å²) in [5.41, 5.74) is 5.95. The molecule has 0 amide bonds. The van der Waals surface area contributed by atoms with Crippen LogP contribution in [0.3, 0.4) is 0 Å². The molecule has 4 aromatic rings. The third-order valence-corrected chi connectivity index (χ3v) is 11.7. The lowest BCUT2D eigenvalue weighted by Gasteiger charge is -2.43. The number of nitrogens with zero attached hydrogens (tertiary/aromatic N) is 4. The Hall–Kier alpha value is -4.59. The normalized spacial score (nSPS) is 24.9. The van der Waals surface area contributed by atoms with Gasteiger partial charge in [0.05, 0.1) is 64.4 Å². The van der Waals surface area contributed by atoms with Gasteiger partial charge in [0.2, 0.25) is 0 Å². The molecule has 272 valence electrons. The van der Waals surface area contributed by atoms with Crippen LogP contribution in [0.15, 0.2) is 72.1 Å². The fourth-order valence-electron chi connectivity index (χ4n) is 8.40. The first-order chi connectivity index (χ1) is 24.7. The molecule has 10 nitrogen and oxygen atoms in total. The number of aromatic nitrogens is 4. The van der Waals surface area contributed by atoms with Gasteiger partial charge in [-0.3, -0.25) is 13.8 Å². The second kappa shape index (κ2) is 13.4. The Kier molecular flexibility index (Phi) is 9.25. The highest BCUT2D eigenvalue weighted by molar-refractivity contribution is 7.86. The zero-order valence-electron chi connectivity index (χ0n) is 29.2. The largest absolute Gasteiger partial charge is 0.393 e. The Morgan fingerprint density at radius 1 is 0.769 bits per heavy atom. The smallest absolute Gasteiger partial charge is 0.264 e. The molecular formula is C39H40F2N4O6S. The predicted octanol–water partition coefficient (Wildman–Crippen LogP) is 6.13. The van der Waals surface area contributed by atoms with Crippen LogP contribution in [0.4, 0.5) is 8.78 Å². The molecule has 1 unspecified atom stereocenters. The van der Waals surface area contributed by atoms with Crippen molar-refractivity contribution in [2.24, 2.45) is 10.8 Å². The first kappa shape index (κ1) is 35.8. The molecular weight excluding hydrogens is 691 g/mol. The molecule has 52 heavy (non-hydrogen) atoms. The summed E-state index contributed by atoms with van der Waals surface area (Å²) in [6.45, 7) is 3.16. The van der Waals surface area contributed by atoms with E-state index in [-0.39, 0.29) is 23.2 Å². The van der Waals surface area contributed by atoms with Crippen molar-refractivity contribution < 1.29 is 36.1 Å². The first-order valence-corrected chi connectivity index (χ1v) is 19.2. The van der Waals surface area contributed by atoms with Crippen LogP contribution in [0.2, 0.25) is 0 Å². The molecule has 0 bridgehead atoms. The van der Waals surface area contributed by atoms with E-state index in [2.05, 4.69) is 10.2 Å². The maximum Gasteiger partial charge on any atom is 0.264 e. The van der Waals surface area contributed by atoms with Gasteiger partial charge in [0.15, 0.2) is 0 Å². The molecule has 0 radical (unpaired) electrons. The number of carbonyl (C=O) groups is 2. The maximum atomic E-state index is 13.2. The van der Waals surface area contributed by atoms with E-state index < -0.39 is 33.2 Å². The van der Waals surface area contributed by atoms with E-state index in [0.717, 1.165) is 57.7 Å². The van der Waals surface area contributed by atoms with E-state index in [0.29, 0.717) is 44.9 Å². The van der Waals surface area contributed by atoms with Crippen LogP contribution in [0, 0.1) is 22.5 Å². The predicted molar refractivity (Wildman–Crippen MR) is 190 cm³/mol. The lowest BCUT2D eigenvalue weighted by Crippen LogP contribution is -2.43. The number of rotatable bonds is 6. The van der Waals surface area contributed by atoms with Gasteiger partial charge in [-0.05, 0) is 137 Å².